The molecule has 0 aliphatic rings. The van der Waals surface area contributed by atoms with Crippen molar-refractivity contribution in [2.24, 2.45) is 9.98 Å². The molecule has 0 atom stereocenters. The number of nitrogens with two attached hydrogens (primary N) is 1. The Bertz CT molecular complexity index is 1400. The Morgan fingerprint density at radius 3 is 2.44 bits per heavy atom. The molecule has 0 aliphatic heterocycles. The first-order valence-electron chi connectivity index (χ1n) is 10.8. The van der Waals surface area contributed by atoms with Crippen molar-refractivity contribution in [2.75, 3.05) is 19.8 Å². The molecule has 9 heteroatoms. The fraction of sp³-hybridized carbons (Fsp3) is 0.240. The lowest BCUT2D eigenvalue weighted by Crippen LogP contribution is -2.26. The number of halogens is 1. The smallest absolute Gasteiger partial charge is 0.219 e. The average molecular weight is 475 g/mol. The van der Waals surface area contributed by atoms with Crippen LogP contribution in [0, 0.1) is 0 Å². The van der Waals surface area contributed by atoms with Gasteiger partial charge in [0.05, 0.1) is 17.4 Å². The standard InChI is InChI=1S/C25H27ClN8/c1-25(2,3)34-21-9-6-15(16-12-30-24(27)31-13-16)10-20(21)33-23(34)19-11-17(26)7-8-18(19)22(29-5)32-14-28-4/h6-14H,1-5H3,(H2,27,30,31)(H,28,29,32). The predicted molar refractivity (Wildman–Crippen MR) is 141 cm³/mol. The van der Waals surface area contributed by atoms with Crippen LogP contribution in [0.2, 0.25) is 5.02 Å². The number of aromatic nitrogens is 4. The number of rotatable bonds is 4. The molecule has 4 aromatic rings. The third-order valence-electron chi connectivity index (χ3n) is 5.36. The predicted octanol–water partition coefficient (Wildman–Crippen LogP) is 4.78. The fourth-order valence-electron chi connectivity index (χ4n) is 3.90. The molecule has 0 fully saturated rings. The summed E-state index contributed by atoms with van der Waals surface area (Å²) in [5.41, 5.74) is 10.8. The zero-order valence-electron chi connectivity index (χ0n) is 19.8. The number of hydrogen-bond acceptors (Lipinski definition) is 6. The maximum absolute atomic E-state index is 6.45. The van der Waals surface area contributed by atoms with Crippen LogP contribution in [0.3, 0.4) is 0 Å². The van der Waals surface area contributed by atoms with Gasteiger partial charge in [0.25, 0.3) is 0 Å². The van der Waals surface area contributed by atoms with Gasteiger partial charge in [-0.1, -0.05) is 17.7 Å². The number of benzene rings is 2. The van der Waals surface area contributed by atoms with Crippen LogP contribution in [-0.4, -0.2) is 45.8 Å². The highest BCUT2D eigenvalue weighted by atomic mass is 35.5. The molecule has 174 valence electrons. The van der Waals surface area contributed by atoms with Crippen LogP contribution in [0.25, 0.3) is 33.5 Å². The summed E-state index contributed by atoms with van der Waals surface area (Å²) in [7, 11) is 3.43. The highest BCUT2D eigenvalue weighted by Crippen LogP contribution is 2.35. The maximum atomic E-state index is 6.45. The lowest BCUT2D eigenvalue weighted by molar-refractivity contribution is 0.413. The van der Waals surface area contributed by atoms with Crippen molar-refractivity contribution in [1.82, 2.24) is 24.8 Å². The molecule has 3 N–H and O–H groups in total. The number of fused-ring (bicyclic) bond motifs is 1. The Morgan fingerprint density at radius 1 is 1.06 bits per heavy atom. The van der Waals surface area contributed by atoms with Crippen LogP contribution in [0.5, 0.6) is 0 Å². The molecule has 0 spiro atoms. The monoisotopic (exact) mass is 474 g/mol. The zero-order chi connectivity index (χ0) is 24.5. The van der Waals surface area contributed by atoms with E-state index in [1.54, 1.807) is 32.8 Å². The molecule has 2 heterocycles. The van der Waals surface area contributed by atoms with Gasteiger partial charge in [-0.3, -0.25) is 9.98 Å². The number of nitrogens with zero attached hydrogens (tertiary/aromatic N) is 6. The van der Waals surface area contributed by atoms with Crippen LogP contribution in [0.1, 0.15) is 26.3 Å². The van der Waals surface area contributed by atoms with E-state index in [0.29, 0.717) is 10.9 Å². The Labute approximate surface area is 203 Å². The summed E-state index contributed by atoms with van der Waals surface area (Å²) < 4.78 is 2.22. The highest BCUT2D eigenvalue weighted by molar-refractivity contribution is 6.31. The summed E-state index contributed by atoms with van der Waals surface area (Å²) in [4.78, 5) is 21.8. The molecule has 0 saturated heterocycles. The average Bonchev–Trinajstić information content (AvgIpc) is 3.20. The van der Waals surface area contributed by atoms with Gasteiger partial charge in [-0.05, 0) is 56.7 Å². The Morgan fingerprint density at radius 2 is 1.79 bits per heavy atom. The largest absolute Gasteiger partial charge is 0.368 e. The van der Waals surface area contributed by atoms with Gasteiger partial charge in [-0.25, -0.2) is 15.0 Å². The van der Waals surface area contributed by atoms with E-state index in [9.17, 15) is 0 Å². The number of hydrogen-bond donors (Lipinski definition) is 2. The lowest BCUT2D eigenvalue weighted by atomic mass is 10.0. The van der Waals surface area contributed by atoms with Gasteiger partial charge in [0.15, 0.2) is 0 Å². The highest BCUT2D eigenvalue weighted by Gasteiger charge is 2.25. The van der Waals surface area contributed by atoms with Gasteiger partial charge in [-0.15, -0.1) is 0 Å². The van der Waals surface area contributed by atoms with Gasteiger partial charge < -0.3 is 15.6 Å². The normalized spacial score (nSPS) is 12.6. The van der Waals surface area contributed by atoms with E-state index in [2.05, 4.69) is 56.7 Å². The van der Waals surface area contributed by atoms with Crippen molar-refractivity contribution in [3.05, 3.63) is 59.4 Å². The van der Waals surface area contributed by atoms with Gasteiger partial charge >= 0.3 is 0 Å². The van der Waals surface area contributed by atoms with E-state index < -0.39 is 0 Å². The molecule has 0 aliphatic carbocycles. The Balaban J connectivity index is 1.97. The van der Waals surface area contributed by atoms with Crippen molar-refractivity contribution in [3.8, 4) is 22.5 Å². The minimum atomic E-state index is -0.253. The molecule has 0 saturated carbocycles. The second kappa shape index (κ2) is 9.23. The third kappa shape index (κ3) is 4.49. The SMILES string of the molecule is CN=CNC(=NC)c1ccc(Cl)cc1-c1nc2cc(-c3cnc(N)nc3)ccc2n1C(C)(C)C. The lowest BCUT2D eigenvalue weighted by Gasteiger charge is -2.25. The maximum Gasteiger partial charge on any atom is 0.219 e. The molecule has 8 nitrogen and oxygen atoms in total. The molecule has 2 aromatic heterocycles. The Hall–Kier alpha value is -3.78. The van der Waals surface area contributed by atoms with E-state index >= 15 is 0 Å². The molecular formula is C25H27ClN8. The number of amidine groups is 1. The molecule has 0 bridgehead atoms. The third-order valence-corrected chi connectivity index (χ3v) is 5.60. The molecule has 4 rings (SSSR count). The van der Waals surface area contributed by atoms with Crippen LogP contribution in [-0.2, 0) is 5.54 Å². The summed E-state index contributed by atoms with van der Waals surface area (Å²) >= 11 is 6.45. The van der Waals surface area contributed by atoms with Crippen LogP contribution in [0.4, 0.5) is 5.95 Å². The number of aliphatic imine (C=N–C) groups is 2. The van der Waals surface area contributed by atoms with E-state index in [4.69, 9.17) is 22.3 Å². The van der Waals surface area contributed by atoms with Crippen molar-refractivity contribution >= 4 is 40.8 Å². The van der Waals surface area contributed by atoms with Crippen molar-refractivity contribution < 1.29 is 0 Å². The van der Waals surface area contributed by atoms with Crippen molar-refractivity contribution in [2.45, 2.75) is 26.3 Å². The first kappa shape index (κ1) is 23.4. The van der Waals surface area contributed by atoms with Crippen LogP contribution < -0.4 is 11.1 Å². The van der Waals surface area contributed by atoms with E-state index in [-0.39, 0.29) is 11.5 Å². The van der Waals surface area contributed by atoms with Crippen LogP contribution >= 0.6 is 11.6 Å². The van der Waals surface area contributed by atoms with E-state index in [1.165, 1.54) is 0 Å². The van der Waals surface area contributed by atoms with Gasteiger partial charge in [-0.2, -0.15) is 0 Å². The number of imidazole rings is 1. The zero-order valence-corrected chi connectivity index (χ0v) is 20.6. The Kier molecular flexibility index (Phi) is 6.34. The van der Waals surface area contributed by atoms with E-state index in [1.807, 2.05) is 30.3 Å². The molecule has 0 amide bonds. The molecule has 0 unspecified atom stereocenters. The van der Waals surface area contributed by atoms with Gasteiger partial charge in [0, 0.05) is 53.7 Å². The summed E-state index contributed by atoms with van der Waals surface area (Å²) in [6, 6.07) is 11.9. The summed E-state index contributed by atoms with van der Waals surface area (Å²) in [6.07, 6.45) is 5.03. The summed E-state index contributed by atoms with van der Waals surface area (Å²) in [5.74, 6) is 1.71. The number of nitrogens with one attached hydrogen (secondary N) is 1. The van der Waals surface area contributed by atoms with Crippen molar-refractivity contribution in [3.63, 3.8) is 0 Å². The topological polar surface area (TPSA) is 106 Å². The summed E-state index contributed by atoms with van der Waals surface area (Å²) in [6.45, 7) is 6.46. The number of anilines is 1. The molecule has 0 radical (unpaired) electrons. The van der Waals surface area contributed by atoms with E-state index in [0.717, 1.165) is 39.1 Å². The second-order valence-electron chi connectivity index (χ2n) is 8.77. The van der Waals surface area contributed by atoms with Crippen molar-refractivity contribution in [1.29, 1.82) is 0 Å². The molecule has 34 heavy (non-hydrogen) atoms. The van der Waals surface area contributed by atoms with Crippen LogP contribution in [0.15, 0.2) is 58.8 Å². The minimum absolute atomic E-state index is 0.243. The quantitative estimate of drug-likeness (QED) is 0.327. The summed E-state index contributed by atoms with van der Waals surface area (Å²) in [5, 5.41) is 3.76. The number of nitrogen functional groups attached to an aromatic ring is 1. The van der Waals surface area contributed by atoms with Gasteiger partial charge in [0.1, 0.15) is 11.7 Å². The minimum Gasteiger partial charge on any atom is -0.368 e. The first-order valence-corrected chi connectivity index (χ1v) is 11.2. The first-order chi connectivity index (χ1) is 16.2. The van der Waals surface area contributed by atoms with Gasteiger partial charge in [0.2, 0.25) is 5.95 Å². The molecular weight excluding hydrogens is 448 g/mol. The second-order valence-corrected chi connectivity index (χ2v) is 9.21. The fourth-order valence-corrected chi connectivity index (χ4v) is 4.08. The molecule has 2 aromatic carbocycles.